The zero-order valence-corrected chi connectivity index (χ0v) is 11.7. The van der Waals surface area contributed by atoms with Crippen LogP contribution in [0.5, 0.6) is 0 Å². The van der Waals surface area contributed by atoms with Crippen LogP contribution in [0.1, 0.15) is 27.2 Å². The number of hydrogen-bond donors (Lipinski definition) is 1. The van der Waals surface area contributed by atoms with Gasteiger partial charge in [-0.25, -0.2) is 0 Å². The summed E-state index contributed by atoms with van der Waals surface area (Å²) in [6.07, 6.45) is 4.12. The van der Waals surface area contributed by atoms with Crippen LogP contribution in [0.3, 0.4) is 0 Å². The normalized spacial score (nSPS) is 32.8. The third-order valence-corrected chi connectivity index (χ3v) is 3.81. The summed E-state index contributed by atoms with van der Waals surface area (Å²) in [5.41, 5.74) is 0. The van der Waals surface area contributed by atoms with Crippen molar-refractivity contribution in [3.63, 3.8) is 0 Å². The van der Waals surface area contributed by atoms with E-state index in [0.717, 1.165) is 0 Å². The molecule has 0 saturated heterocycles. The lowest BCUT2D eigenvalue weighted by Gasteiger charge is -2.25. The smallest absolute Gasteiger partial charge is 0.311 e. The van der Waals surface area contributed by atoms with Crippen molar-refractivity contribution in [3.05, 3.63) is 12.2 Å². The molecule has 0 heterocycles. The minimum absolute atomic E-state index is 0.0996. The average molecular weight is 270 g/mol. The van der Waals surface area contributed by atoms with Crippen LogP contribution in [-0.4, -0.2) is 36.4 Å². The summed E-state index contributed by atoms with van der Waals surface area (Å²) in [5, 5.41) is 9.85. The number of carbonyl (C=O) groups is 1. The molecule has 1 N–H and O–H groups in total. The van der Waals surface area contributed by atoms with Gasteiger partial charge in [0.1, 0.15) is 0 Å². The van der Waals surface area contributed by atoms with Crippen molar-refractivity contribution >= 4 is 5.97 Å². The second-order valence-electron chi connectivity index (χ2n) is 5.52. The fraction of sp³-hybridized carbons (Fsp3) is 0.786. The maximum absolute atomic E-state index is 11.9. The molecule has 1 fully saturated rings. The number of aliphatic hydroxyl groups is 1. The lowest BCUT2D eigenvalue weighted by atomic mass is 9.94. The van der Waals surface area contributed by atoms with Crippen molar-refractivity contribution < 1.29 is 24.1 Å². The Balaban J connectivity index is 1.76. The van der Waals surface area contributed by atoms with Crippen LogP contribution in [0, 0.1) is 17.8 Å². The van der Waals surface area contributed by atoms with Crippen LogP contribution in [0.2, 0.25) is 0 Å². The number of esters is 1. The van der Waals surface area contributed by atoms with Crippen LogP contribution >= 0.6 is 0 Å². The quantitative estimate of drug-likeness (QED) is 0.450. The summed E-state index contributed by atoms with van der Waals surface area (Å²) in [7, 11) is 0. The lowest BCUT2D eigenvalue weighted by Crippen LogP contribution is -2.31. The first-order valence-electron chi connectivity index (χ1n) is 6.75. The van der Waals surface area contributed by atoms with E-state index in [1.54, 1.807) is 13.8 Å². The van der Waals surface area contributed by atoms with Crippen molar-refractivity contribution in [3.8, 4) is 0 Å². The first-order chi connectivity index (χ1) is 8.94. The third kappa shape index (κ3) is 3.16. The maximum atomic E-state index is 11.9. The highest BCUT2D eigenvalue weighted by atomic mass is 16.8. The summed E-state index contributed by atoms with van der Waals surface area (Å²) in [6, 6.07) is 0. The Kier molecular flexibility index (Phi) is 4.28. The van der Waals surface area contributed by atoms with Crippen LogP contribution < -0.4 is 0 Å². The van der Waals surface area contributed by atoms with Crippen LogP contribution in [0.25, 0.3) is 0 Å². The molecule has 2 bridgehead atoms. The minimum atomic E-state index is -0.761. The molecule has 0 radical (unpaired) electrons. The Morgan fingerprint density at radius 3 is 2.63 bits per heavy atom. The van der Waals surface area contributed by atoms with Crippen LogP contribution in [-0.2, 0) is 19.0 Å². The van der Waals surface area contributed by atoms with E-state index < -0.39 is 11.9 Å². The monoisotopic (exact) mass is 270 g/mol. The van der Waals surface area contributed by atoms with Gasteiger partial charge < -0.3 is 19.3 Å². The summed E-state index contributed by atoms with van der Waals surface area (Å²) < 4.78 is 15.8. The van der Waals surface area contributed by atoms with E-state index >= 15 is 0 Å². The van der Waals surface area contributed by atoms with E-state index in [1.807, 2.05) is 19.1 Å². The largest absolute Gasteiger partial charge is 0.438 e. The van der Waals surface area contributed by atoms with Crippen molar-refractivity contribution in [2.45, 2.75) is 39.1 Å². The second kappa shape index (κ2) is 5.61. The number of rotatable bonds is 6. The highest BCUT2D eigenvalue weighted by Gasteiger charge is 2.47. The molecule has 5 heteroatoms. The van der Waals surface area contributed by atoms with Crippen molar-refractivity contribution in [1.29, 1.82) is 0 Å². The SMILES string of the molecule is CCOC(C)(C)OCOC(=O)C1CC2C=CC1C2O. The predicted octanol–water partition coefficient (Wildman–Crippen LogP) is 1.46. The molecule has 108 valence electrons. The van der Waals surface area contributed by atoms with E-state index in [1.165, 1.54) is 0 Å². The molecule has 0 spiro atoms. The maximum Gasteiger partial charge on any atom is 0.311 e. The number of aliphatic hydroxyl groups excluding tert-OH is 1. The minimum Gasteiger partial charge on any atom is -0.438 e. The van der Waals surface area contributed by atoms with E-state index in [4.69, 9.17) is 14.2 Å². The molecular weight excluding hydrogens is 248 g/mol. The molecule has 2 aliphatic carbocycles. The molecule has 2 aliphatic rings. The molecule has 1 saturated carbocycles. The standard InChI is InChI=1S/C14H22O5/c1-4-18-14(2,3)19-8-17-13(16)11-7-9-5-6-10(11)12(9)15/h5-6,9-12,15H,4,7-8H2,1-3H3. The van der Waals surface area contributed by atoms with Gasteiger partial charge in [0.2, 0.25) is 0 Å². The molecular formula is C14H22O5. The number of hydrogen-bond acceptors (Lipinski definition) is 5. The van der Waals surface area contributed by atoms with Gasteiger partial charge >= 0.3 is 5.97 Å². The molecule has 4 atom stereocenters. The molecule has 0 aliphatic heterocycles. The fourth-order valence-electron chi connectivity index (χ4n) is 2.80. The zero-order valence-electron chi connectivity index (χ0n) is 11.7. The molecule has 0 aromatic carbocycles. The van der Waals surface area contributed by atoms with E-state index in [9.17, 15) is 9.90 Å². The van der Waals surface area contributed by atoms with Crippen molar-refractivity contribution in [2.24, 2.45) is 17.8 Å². The van der Waals surface area contributed by atoms with Gasteiger partial charge in [0.05, 0.1) is 12.0 Å². The lowest BCUT2D eigenvalue weighted by molar-refractivity contribution is -0.248. The Morgan fingerprint density at radius 1 is 1.37 bits per heavy atom. The summed E-state index contributed by atoms with van der Waals surface area (Å²) in [4.78, 5) is 11.9. The number of ether oxygens (including phenoxy) is 3. The van der Waals surface area contributed by atoms with E-state index in [-0.39, 0.29) is 30.5 Å². The number of fused-ring (bicyclic) bond motifs is 2. The third-order valence-electron chi connectivity index (χ3n) is 3.81. The molecule has 2 rings (SSSR count). The van der Waals surface area contributed by atoms with Crippen LogP contribution in [0.4, 0.5) is 0 Å². The van der Waals surface area contributed by atoms with Crippen molar-refractivity contribution in [2.75, 3.05) is 13.4 Å². The van der Waals surface area contributed by atoms with Gasteiger partial charge in [-0.2, -0.15) is 0 Å². The molecule has 0 amide bonds. The Bertz CT molecular complexity index is 363. The average Bonchev–Trinajstić information content (AvgIpc) is 2.84. The first kappa shape index (κ1) is 14.5. The molecule has 19 heavy (non-hydrogen) atoms. The highest BCUT2D eigenvalue weighted by molar-refractivity contribution is 5.74. The zero-order chi connectivity index (χ0) is 14.0. The van der Waals surface area contributed by atoms with Gasteiger partial charge in [-0.1, -0.05) is 12.2 Å². The molecule has 5 nitrogen and oxygen atoms in total. The first-order valence-corrected chi connectivity index (χ1v) is 6.75. The van der Waals surface area contributed by atoms with Gasteiger partial charge in [0.25, 0.3) is 0 Å². The van der Waals surface area contributed by atoms with Crippen LogP contribution in [0.15, 0.2) is 12.2 Å². The summed E-state index contributed by atoms with van der Waals surface area (Å²) >= 11 is 0. The Hall–Kier alpha value is -0.910. The second-order valence-corrected chi connectivity index (χ2v) is 5.52. The van der Waals surface area contributed by atoms with Gasteiger partial charge in [-0.15, -0.1) is 0 Å². The van der Waals surface area contributed by atoms with Gasteiger partial charge in [-0.3, -0.25) is 4.79 Å². The Morgan fingerprint density at radius 2 is 2.11 bits per heavy atom. The predicted molar refractivity (Wildman–Crippen MR) is 68.0 cm³/mol. The van der Waals surface area contributed by atoms with Gasteiger partial charge in [0, 0.05) is 18.4 Å². The topological polar surface area (TPSA) is 65.0 Å². The Labute approximate surface area is 113 Å². The molecule has 4 unspecified atom stereocenters. The number of carbonyl (C=O) groups excluding carboxylic acids is 1. The molecule has 0 aromatic rings. The van der Waals surface area contributed by atoms with E-state index in [0.29, 0.717) is 13.0 Å². The van der Waals surface area contributed by atoms with Gasteiger partial charge in [0.15, 0.2) is 12.6 Å². The fourth-order valence-corrected chi connectivity index (χ4v) is 2.80. The van der Waals surface area contributed by atoms with Gasteiger partial charge in [-0.05, 0) is 27.2 Å². The molecule has 0 aromatic heterocycles. The van der Waals surface area contributed by atoms with E-state index in [2.05, 4.69) is 0 Å². The highest BCUT2D eigenvalue weighted by Crippen LogP contribution is 2.44. The van der Waals surface area contributed by atoms with Crippen molar-refractivity contribution in [1.82, 2.24) is 0 Å². The summed E-state index contributed by atoms with van der Waals surface area (Å²) in [6.45, 7) is 5.83. The summed E-state index contributed by atoms with van der Waals surface area (Å²) in [5.74, 6) is -1.31.